The van der Waals surface area contributed by atoms with Gasteiger partial charge >= 0.3 is 0 Å². The number of hydrogen-bond donors (Lipinski definition) is 0. The fourth-order valence-corrected chi connectivity index (χ4v) is 2.95. The molecule has 6 heteroatoms. The number of carbonyl (C=O) groups excluding carboxylic acids is 1. The van der Waals surface area contributed by atoms with Crippen LogP contribution in [0.1, 0.15) is 15.9 Å². The topological polar surface area (TPSA) is 45.7 Å². The molecule has 1 aliphatic rings. The fourth-order valence-electron chi connectivity index (χ4n) is 2.75. The van der Waals surface area contributed by atoms with Crippen molar-refractivity contribution in [3.63, 3.8) is 0 Å². The quantitative estimate of drug-likeness (QED) is 0.854. The van der Waals surface area contributed by atoms with Crippen LogP contribution in [0.4, 0.5) is 5.82 Å². The molecule has 0 unspecified atom stereocenters. The maximum atomic E-state index is 12.9. The molecule has 1 fully saturated rings. The maximum absolute atomic E-state index is 12.9. The van der Waals surface area contributed by atoms with Crippen LogP contribution in [0.2, 0.25) is 5.02 Å². The average molecular weight is 346 g/mol. The summed E-state index contributed by atoms with van der Waals surface area (Å²) >= 11 is 6.20. The molecule has 0 aliphatic carbocycles. The first-order valence-corrected chi connectivity index (χ1v) is 8.31. The molecule has 0 saturated carbocycles. The van der Waals surface area contributed by atoms with Crippen LogP contribution in [-0.2, 0) is 11.3 Å². The average Bonchev–Trinajstić information content (AvgIpc) is 2.63. The molecule has 2 aromatic rings. The van der Waals surface area contributed by atoms with Crippen molar-refractivity contribution in [2.75, 3.05) is 38.3 Å². The number of rotatable bonds is 4. The second-order valence-corrected chi connectivity index (χ2v) is 6.13. The van der Waals surface area contributed by atoms with E-state index in [-0.39, 0.29) is 5.91 Å². The summed E-state index contributed by atoms with van der Waals surface area (Å²) < 4.78 is 5.38. The van der Waals surface area contributed by atoms with Gasteiger partial charge in [-0.15, -0.1) is 0 Å². The third-order valence-electron chi connectivity index (χ3n) is 4.04. The van der Waals surface area contributed by atoms with Gasteiger partial charge in [-0.1, -0.05) is 29.8 Å². The van der Waals surface area contributed by atoms with Crippen LogP contribution in [0, 0.1) is 0 Å². The Bertz CT molecular complexity index is 717. The molecule has 1 aromatic carbocycles. The van der Waals surface area contributed by atoms with Crippen molar-refractivity contribution in [1.82, 2.24) is 9.88 Å². The lowest BCUT2D eigenvalue weighted by molar-refractivity contribution is 0.0784. The third-order valence-corrected chi connectivity index (χ3v) is 4.41. The SMILES string of the molecule is CN(Cc1ccccc1Cl)C(=O)c1cccnc1N1CCOCC1. The first-order chi connectivity index (χ1) is 11.7. The molecule has 1 aromatic heterocycles. The first-order valence-electron chi connectivity index (χ1n) is 7.93. The van der Waals surface area contributed by atoms with Crippen molar-refractivity contribution in [1.29, 1.82) is 0 Å². The predicted octanol–water partition coefficient (Wildman–Crippen LogP) is 2.84. The molecule has 0 bridgehead atoms. The molecule has 5 nitrogen and oxygen atoms in total. The van der Waals surface area contributed by atoms with Crippen LogP contribution in [0.5, 0.6) is 0 Å². The largest absolute Gasteiger partial charge is 0.378 e. The van der Waals surface area contributed by atoms with Gasteiger partial charge in [0, 0.05) is 37.9 Å². The van der Waals surface area contributed by atoms with Crippen LogP contribution in [-0.4, -0.2) is 49.1 Å². The van der Waals surface area contributed by atoms with Crippen LogP contribution >= 0.6 is 11.6 Å². The lowest BCUT2D eigenvalue weighted by Crippen LogP contribution is -2.38. The van der Waals surface area contributed by atoms with Gasteiger partial charge in [0.05, 0.1) is 18.8 Å². The Kier molecular flexibility index (Phi) is 5.33. The molecule has 1 saturated heterocycles. The fraction of sp³-hybridized carbons (Fsp3) is 0.333. The minimum absolute atomic E-state index is 0.0653. The van der Waals surface area contributed by atoms with Crippen molar-refractivity contribution in [3.05, 3.63) is 58.7 Å². The number of nitrogens with zero attached hydrogens (tertiary/aromatic N) is 3. The summed E-state index contributed by atoms with van der Waals surface area (Å²) in [5, 5.41) is 0.664. The second-order valence-electron chi connectivity index (χ2n) is 5.73. The first kappa shape index (κ1) is 16.7. The third kappa shape index (κ3) is 3.68. The number of amides is 1. The predicted molar refractivity (Wildman–Crippen MR) is 94.5 cm³/mol. The summed E-state index contributed by atoms with van der Waals surface area (Å²) in [7, 11) is 1.78. The highest BCUT2D eigenvalue weighted by molar-refractivity contribution is 6.31. The van der Waals surface area contributed by atoms with E-state index in [4.69, 9.17) is 16.3 Å². The van der Waals surface area contributed by atoms with Crippen LogP contribution in [0.25, 0.3) is 0 Å². The number of carbonyl (C=O) groups is 1. The van der Waals surface area contributed by atoms with Gasteiger partial charge in [0.1, 0.15) is 5.82 Å². The van der Waals surface area contributed by atoms with Gasteiger partial charge in [-0.2, -0.15) is 0 Å². The zero-order valence-electron chi connectivity index (χ0n) is 13.6. The van der Waals surface area contributed by atoms with Gasteiger partial charge in [0.15, 0.2) is 0 Å². The summed E-state index contributed by atoms with van der Waals surface area (Å²) in [6.45, 7) is 3.24. The molecule has 0 radical (unpaired) electrons. The molecule has 2 heterocycles. The van der Waals surface area contributed by atoms with Gasteiger partial charge in [-0.05, 0) is 23.8 Å². The monoisotopic (exact) mass is 345 g/mol. The van der Waals surface area contributed by atoms with E-state index < -0.39 is 0 Å². The molecule has 126 valence electrons. The zero-order chi connectivity index (χ0) is 16.9. The van der Waals surface area contributed by atoms with E-state index in [1.165, 1.54) is 0 Å². The Morgan fingerprint density at radius 3 is 2.75 bits per heavy atom. The lowest BCUT2D eigenvalue weighted by atomic mass is 10.1. The van der Waals surface area contributed by atoms with Gasteiger partial charge < -0.3 is 14.5 Å². The van der Waals surface area contributed by atoms with Crippen molar-refractivity contribution >= 4 is 23.3 Å². The minimum atomic E-state index is -0.0653. The van der Waals surface area contributed by atoms with Gasteiger partial charge in [-0.3, -0.25) is 4.79 Å². The maximum Gasteiger partial charge on any atom is 0.257 e. The van der Waals surface area contributed by atoms with E-state index in [2.05, 4.69) is 9.88 Å². The van der Waals surface area contributed by atoms with E-state index in [0.717, 1.165) is 24.5 Å². The molecule has 24 heavy (non-hydrogen) atoms. The highest BCUT2D eigenvalue weighted by Crippen LogP contribution is 2.22. The van der Waals surface area contributed by atoms with Crippen LogP contribution in [0.3, 0.4) is 0 Å². The van der Waals surface area contributed by atoms with E-state index in [0.29, 0.717) is 30.3 Å². The lowest BCUT2D eigenvalue weighted by Gasteiger charge is -2.30. The smallest absolute Gasteiger partial charge is 0.257 e. The zero-order valence-corrected chi connectivity index (χ0v) is 14.4. The van der Waals surface area contributed by atoms with E-state index >= 15 is 0 Å². The second kappa shape index (κ2) is 7.64. The Hall–Kier alpha value is -2.11. The Morgan fingerprint density at radius 2 is 2.00 bits per heavy atom. The van der Waals surface area contributed by atoms with Crippen molar-refractivity contribution < 1.29 is 9.53 Å². The highest BCUT2D eigenvalue weighted by Gasteiger charge is 2.22. The van der Waals surface area contributed by atoms with Crippen molar-refractivity contribution in [3.8, 4) is 0 Å². The number of morpholine rings is 1. The number of benzene rings is 1. The van der Waals surface area contributed by atoms with E-state index in [1.807, 2.05) is 30.3 Å². The number of anilines is 1. The molecule has 1 aliphatic heterocycles. The van der Waals surface area contributed by atoms with E-state index in [1.54, 1.807) is 24.2 Å². The number of aromatic nitrogens is 1. The van der Waals surface area contributed by atoms with Crippen molar-refractivity contribution in [2.45, 2.75) is 6.54 Å². The highest BCUT2D eigenvalue weighted by atomic mass is 35.5. The normalized spacial score (nSPS) is 14.5. The van der Waals surface area contributed by atoms with Gasteiger partial charge in [0.2, 0.25) is 0 Å². The molecule has 1 amide bonds. The number of ether oxygens (including phenoxy) is 1. The van der Waals surface area contributed by atoms with Crippen LogP contribution < -0.4 is 4.90 Å². The summed E-state index contributed by atoms with van der Waals surface area (Å²) in [6, 6.07) is 11.2. The number of pyridine rings is 1. The molecular weight excluding hydrogens is 326 g/mol. The molecule has 0 atom stereocenters. The van der Waals surface area contributed by atoms with Gasteiger partial charge in [0.25, 0.3) is 5.91 Å². The Balaban J connectivity index is 1.80. The summed E-state index contributed by atoms with van der Waals surface area (Å²) in [4.78, 5) is 21.1. The molecule has 3 rings (SSSR count). The Morgan fingerprint density at radius 1 is 1.25 bits per heavy atom. The van der Waals surface area contributed by atoms with Gasteiger partial charge in [-0.25, -0.2) is 4.98 Å². The summed E-state index contributed by atoms with van der Waals surface area (Å²) in [5.41, 5.74) is 1.53. The molecule has 0 spiro atoms. The van der Waals surface area contributed by atoms with Crippen LogP contribution in [0.15, 0.2) is 42.6 Å². The van der Waals surface area contributed by atoms with Crippen molar-refractivity contribution in [2.24, 2.45) is 0 Å². The number of halogens is 1. The standard InChI is InChI=1S/C18H20ClN3O2/c1-21(13-14-5-2-3-7-16(14)19)18(23)15-6-4-8-20-17(15)22-9-11-24-12-10-22/h2-8H,9-13H2,1H3. The van der Waals surface area contributed by atoms with E-state index in [9.17, 15) is 4.79 Å². The molecular formula is C18H20ClN3O2. The summed E-state index contributed by atoms with van der Waals surface area (Å²) in [5.74, 6) is 0.654. The Labute approximate surface area is 146 Å². The number of hydrogen-bond acceptors (Lipinski definition) is 4. The molecule has 0 N–H and O–H groups in total. The minimum Gasteiger partial charge on any atom is -0.378 e. The summed E-state index contributed by atoms with van der Waals surface area (Å²) in [6.07, 6.45) is 1.72.